The number of nitrogens with zero attached hydrogens (tertiary/aromatic N) is 1. The van der Waals surface area contributed by atoms with E-state index in [1.165, 1.54) is 18.3 Å². The normalized spacial score (nSPS) is 11.4. The summed E-state index contributed by atoms with van der Waals surface area (Å²) in [4.78, 5) is 11.8. The fourth-order valence-corrected chi connectivity index (χ4v) is 2.27. The highest BCUT2D eigenvalue weighted by atomic mass is 32.2. The fraction of sp³-hybridized carbons (Fsp3) is 0. The molecule has 2 aromatic carbocycles. The molecule has 2 aromatic rings. The third kappa shape index (κ3) is 5.07. The van der Waals surface area contributed by atoms with Crippen LogP contribution in [-0.4, -0.2) is 18.9 Å². The number of nitrogen functional groups attached to an aromatic ring is 1. The first-order valence-corrected chi connectivity index (χ1v) is 8.35. The summed E-state index contributed by atoms with van der Waals surface area (Å²) in [6.07, 6.45) is 1.24. The molecule has 0 saturated carbocycles. The van der Waals surface area contributed by atoms with Crippen LogP contribution < -0.4 is 16.4 Å². The molecule has 0 heterocycles. The fourth-order valence-electron chi connectivity index (χ4n) is 1.79. The van der Waals surface area contributed by atoms with E-state index in [2.05, 4.69) is 10.6 Å². The molecule has 128 valence electrons. The van der Waals surface area contributed by atoms with Gasteiger partial charge in [0.15, 0.2) is 0 Å². The molecule has 0 unspecified atom stereocenters. The molecule has 8 nitrogen and oxygen atoms in total. The summed E-state index contributed by atoms with van der Waals surface area (Å²) in [5, 5.41) is 14.4. The van der Waals surface area contributed by atoms with Crippen LogP contribution in [0.4, 0.5) is 17.1 Å². The van der Waals surface area contributed by atoms with E-state index in [9.17, 15) is 13.2 Å². The third-order valence-corrected chi connectivity index (χ3v) is 3.94. The zero-order valence-corrected chi connectivity index (χ0v) is 13.6. The van der Waals surface area contributed by atoms with Crippen molar-refractivity contribution in [1.29, 1.82) is 5.26 Å². The summed E-state index contributed by atoms with van der Waals surface area (Å²) in [5.74, 6) is -0.676. The van der Waals surface area contributed by atoms with E-state index < -0.39 is 16.0 Å². The quantitative estimate of drug-likeness (QED) is 0.277. The molecule has 0 saturated heterocycles. The Kier molecular flexibility index (Phi) is 5.38. The molecule has 2 rings (SSSR count). The van der Waals surface area contributed by atoms with Gasteiger partial charge in [-0.1, -0.05) is 0 Å². The predicted molar refractivity (Wildman–Crippen MR) is 93.1 cm³/mol. The maximum absolute atomic E-state index is 12.1. The van der Waals surface area contributed by atoms with Crippen molar-refractivity contribution in [3.8, 4) is 6.07 Å². The molecule has 0 aliphatic carbocycles. The Morgan fingerprint density at radius 2 is 1.64 bits per heavy atom. The zero-order valence-electron chi connectivity index (χ0n) is 12.8. The number of nitrogens with two attached hydrogens (primary N) is 1. The van der Waals surface area contributed by atoms with E-state index in [1.807, 2.05) is 0 Å². The molecule has 0 aliphatic rings. The standard InChI is InChI=1S/C16H14N4O4S/c17-9-11(10-19-13-3-1-12(18)2-4-13)16(21)20-14-5-7-15(8-6-14)25(22,23)24/h1-8,10,19H,18H2,(H,20,21)(H,22,23,24)/b11-10-. The van der Waals surface area contributed by atoms with Gasteiger partial charge in [0.2, 0.25) is 0 Å². The Balaban J connectivity index is 2.08. The second-order valence-corrected chi connectivity index (χ2v) is 6.31. The first-order chi connectivity index (χ1) is 11.8. The van der Waals surface area contributed by atoms with Crippen LogP contribution in [0.2, 0.25) is 0 Å². The average Bonchev–Trinajstić information content (AvgIpc) is 2.56. The van der Waals surface area contributed by atoms with Crippen molar-refractivity contribution in [2.45, 2.75) is 4.90 Å². The van der Waals surface area contributed by atoms with Gasteiger partial charge in [0, 0.05) is 23.3 Å². The van der Waals surface area contributed by atoms with Gasteiger partial charge in [0.05, 0.1) is 4.90 Å². The van der Waals surface area contributed by atoms with Crippen LogP contribution >= 0.6 is 0 Å². The van der Waals surface area contributed by atoms with Gasteiger partial charge in [-0.3, -0.25) is 9.35 Å². The number of nitriles is 1. The Morgan fingerprint density at radius 3 is 2.16 bits per heavy atom. The molecule has 0 aliphatic heterocycles. The Morgan fingerprint density at radius 1 is 1.08 bits per heavy atom. The van der Waals surface area contributed by atoms with E-state index >= 15 is 0 Å². The van der Waals surface area contributed by atoms with E-state index in [0.717, 1.165) is 12.1 Å². The van der Waals surface area contributed by atoms with Crippen LogP contribution in [0, 0.1) is 11.3 Å². The number of rotatable bonds is 5. The summed E-state index contributed by atoms with van der Waals surface area (Å²) in [5.41, 5.74) is 6.88. The van der Waals surface area contributed by atoms with Gasteiger partial charge >= 0.3 is 0 Å². The second-order valence-electron chi connectivity index (χ2n) is 4.89. The largest absolute Gasteiger partial charge is 0.399 e. The molecule has 0 fully saturated rings. The number of carbonyl (C=O) groups is 1. The van der Waals surface area contributed by atoms with Crippen LogP contribution in [-0.2, 0) is 14.9 Å². The first kappa shape index (κ1) is 18.0. The van der Waals surface area contributed by atoms with E-state index in [0.29, 0.717) is 11.4 Å². The monoisotopic (exact) mass is 358 g/mol. The summed E-state index contributed by atoms with van der Waals surface area (Å²) in [6, 6.07) is 13.3. The van der Waals surface area contributed by atoms with Gasteiger partial charge in [0.25, 0.3) is 16.0 Å². The van der Waals surface area contributed by atoms with Gasteiger partial charge < -0.3 is 16.4 Å². The minimum atomic E-state index is -4.31. The smallest absolute Gasteiger partial charge is 0.294 e. The van der Waals surface area contributed by atoms with Crippen LogP contribution in [0.1, 0.15) is 0 Å². The van der Waals surface area contributed by atoms with Crippen molar-refractivity contribution < 1.29 is 17.8 Å². The lowest BCUT2D eigenvalue weighted by Gasteiger charge is -2.06. The molecule has 25 heavy (non-hydrogen) atoms. The van der Waals surface area contributed by atoms with Crippen molar-refractivity contribution in [1.82, 2.24) is 0 Å². The number of anilines is 3. The zero-order chi connectivity index (χ0) is 18.4. The van der Waals surface area contributed by atoms with Crippen LogP contribution in [0.15, 0.2) is 65.2 Å². The molecule has 0 bridgehead atoms. The topological polar surface area (TPSA) is 145 Å². The number of carbonyl (C=O) groups excluding carboxylic acids is 1. The summed E-state index contributed by atoms with van der Waals surface area (Å²) in [6.45, 7) is 0. The molecule has 1 amide bonds. The van der Waals surface area contributed by atoms with Crippen LogP contribution in [0.3, 0.4) is 0 Å². The Labute approximate surface area is 144 Å². The molecule has 0 spiro atoms. The van der Waals surface area contributed by atoms with Crippen LogP contribution in [0.5, 0.6) is 0 Å². The Bertz CT molecular complexity index is 943. The SMILES string of the molecule is N#C/C(=C/Nc1ccc(N)cc1)C(=O)Nc1ccc(S(=O)(=O)O)cc1. The lowest BCUT2D eigenvalue weighted by molar-refractivity contribution is -0.112. The maximum Gasteiger partial charge on any atom is 0.294 e. The number of hydrogen-bond acceptors (Lipinski definition) is 6. The summed E-state index contributed by atoms with van der Waals surface area (Å²) in [7, 11) is -4.31. The van der Waals surface area contributed by atoms with Gasteiger partial charge in [-0.15, -0.1) is 0 Å². The van der Waals surface area contributed by atoms with E-state index in [4.69, 9.17) is 15.5 Å². The summed E-state index contributed by atoms with van der Waals surface area (Å²) >= 11 is 0. The van der Waals surface area contributed by atoms with E-state index in [1.54, 1.807) is 30.3 Å². The lowest BCUT2D eigenvalue weighted by Crippen LogP contribution is -2.14. The highest BCUT2D eigenvalue weighted by Gasteiger charge is 2.12. The average molecular weight is 358 g/mol. The van der Waals surface area contributed by atoms with Gasteiger partial charge in [-0.05, 0) is 48.5 Å². The number of nitrogens with one attached hydrogen (secondary N) is 2. The summed E-state index contributed by atoms with van der Waals surface area (Å²) < 4.78 is 30.8. The minimum Gasteiger partial charge on any atom is -0.399 e. The van der Waals surface area contributed by atoms with Gasteiger partial charge in [-0.25, -0.2) is 0 Å². The minimum absolute atomic E-state index is 0.185. The number of hydrogen-bond donors (Lipinski definition) is 4. The first-order valence-electron chi connectivity index (χ1n) is 6.91. The molecular formula is C16H14N4O4S. The molecule has 0 atom stereocenters. The van der Waals surface area contributed by atoms with Gasteiger partial charge in [0.1, 0.15) is 11.6 Å². The molecule has 0 radical (unpaired) electrons. The van der Waals surface area contributed by atoms with Crippen molar-refractivity contribution in [3.63, 3.8) is 0 Å². The highest BCUT2D eigenvalue weighted by Crippen LogP contribution is 2.15. The second kappa shape index (κ2) is 7.48. The van der Waals surface area contributed by atoms with Crippen molar-refractivity contribution in [3.05, 3.63) is 60.3 Å². The van der Waals surface area contributed by atoms with Crippen molar-refractivity contribution in [2.24, 2.45) is 0 Å². The number of benzene rings is 2. The lowest BCUT2D eigenvalue weighted by atomic mass is 10.2. The van der Waals surface area contributed by atoms with Crippen molar-refractivity contribution >= 4 is 33.1 Å². The van der Waals surface area contributed by atoms with Crippen LogP contribution in [0.25, 0.3) is 0 Å². The highest BCUT2D eigenvalue weighted by molar-refractivity contribution is 7.85. The molecule has 0 aromatic heterocycles. The Hall–Kier alpha value is -3.35. The van der Waals surface area contributed by atoms with Crippen molar-refractivity contribution in [2.75, 3.05) is 16.4 Å². The molecule has 5 N–H and O–H groups in total. The molecular weight excluding hydrogens is 344 g/mol. The number of amides is 1. The third-order valence-electron chi connectivity index (χ3n) is 3.07. The van der Waals surface area contributed by atoms with E-state index in [-0.39, 0.29) is 16.2 Å². The molecule has 9 heteroatoms. The van der Waals surface area contributed by atoms with Gasteiger partial charge in [-0.2, -0.15) is 13.7 Å². The predicted octanol–water partition coefficient (Wildman–Crippen LogP) is 1.97. The maximum atomic E-state index is 12.1.